The van der Waals surface area contributed by atoms with Crippen LogP contribution in [0.15, 0.2) is 12.2 Å². The van der Waals surface area contributed by atoms with Crippen LogP contribution >= 0.6 is 0 Å². The van der Waals surface area contributed by atoms with Crippen LogP contribution < -0.4 is 0 Å². The van der Waals surface area contributed by atoms with Crippen molar-refractivity contribution in [1.82, 2.24) is 0 Å². The third-order valence-corrected chi connectivity index (χ3v) is 2.91. The number of hydrogen-bond acceptors (Lipinski definition) is 3. The molecule has 0 saturated carbocycles. The Bertz CT molecular complexity index is 137. The molecule has 0 bridgehead atoms. The maximum Gasteiger partial charge on any atom is 0.0531 e. The van der Waals surface area contributed by atoms with E-state index in [0.29, 0.717) is 6.42 Å². The van der Waals surface area contributed by atoms with Gasteiger partial charge in [0.25, 0.3) is 0 Å². The summed E-state index contributed by atoms with van der Waals surface area (Å²) >= 11 is 0. The highest BCUT2D eigenvalue weighted by Gasteiger charge is 2.24. The SMILES string of the molecule is C1=CCCCC1.CCC(CO)(CO)CO. The molecule has 0 amide bonds. The lowest BCUT2D eigenvalue weighted by molar-refractivity contribution is 0.00304. The largest absolute Gasteiger partial charge is 0.396 e. The minimum Gasteiger partial charge on any atom is -0.396 e. The highest BCUT2D eigenvalue weighted by atomic mass is 16.3. The van der Waals surface area contributed by atoms with E-state index in [1.54, 1.807) is 0 Å². The van der Waals surface area contributed by atoms with Gasteiger partial charge in [-0.05, 0) is 32.1 Å². The van der Waals surface area contributed by atoms with Gasteiger partial charge in [-0.1, -0.05) is 19.1 Å². The van der Waals surface area contributed by atoms with Crippen LogP contribution in [0.1, 0.15) is 39.0 Å². The predicted octanol–water partition coefficient (Wildman–Crippen LogP) is 1.48. The minimum absolute atomic E-state index is 0.156. The van der Waals surface area contributed by atoms with Gasteiger partial charge < -0.3 is 15.3 Å². The van der Waals surface area contributed by atoms with Crippen LogP contribution in [0.2, 0.25) is 0 Å². The molecule has 3 heteroatoms. The van der Waals surface area contributed by atoms with E-state index in [0.717, 1.165) is 0 Å². The molecule has 15 heavy (non-hydrogen) atoms. The van der Waals surface area contributed by atoms with Crippen molar-refractivity contribution >= 4 is 0 Å². The van der Waals surface area contributed by atoms with Crippen molar-refractivity contribution in [2.75, 3.05) is 19.8 Å². The van der Waals surface area contributed by atoms with E-state index in [9.17, 15) is 0 Å². The lowest BCUT2D eigenvalue weighted by atomic mass is 9.88. The Kier molecular flexibility index (Phi) is 8.67. The molecule has 3 nitrogen and oxygen atoms in total. The zero-order chi connectivity index (χ0) is 11.6. The highest BCUT2D eigenvalue weighted by molar-refractivity contribution is 4.85. The molecular weight excluding hydrogens is 192 g/mol. The van der Waals surface area contributed by atoms with Crippen molar-refractivity contribution in [3.63, 3.8) is 0 Å². The summed E-state index contributed by atoms with van der Waals surface area (Å²) in [7, 11) is 0. The fourth-order valence-corrected chi connectivity index (χ4v) is 1.25. The molecule has 1 aliphatic carbocycles. The first kappa shape index (κ1) is 14.6. The minimum atomic E-state index is -0.667. The van der Waals surface area contributed by atoms with Gasteiger partial charge in [-0.15, -0.1) is 0 Å². The van der Waals surface area contributed by atoms with Gasteiger partial charge in [0, 0.05) is 5.41 Å². The molecule has 1 rings (SSSR count). The summed E-state index contributed by atoms with van der Waals surface area (Å²) < 4.78 is 0. The predicted molar refractivity (Wildman–Crippen MR) is 61.6 cm³/mol. The van der Waals surface area contributed by atoms with Crippen molar-refractivity contribution in [1.29, 1.82) is 0 Å². The fraction of sp³-hybridized carbons (Fsp3) is 0.833. The fourth-order valence-electron chi connectivity index (χ4n) is 1.25. The zero-order valence-corrected chi connectivity index (χ0v) is 9.65. The van der Waals surface area contributed by atoms with E-state index in [-0.39, 0.29) is 19.8 Å². The quantitative estimate of drug-likeness (QED) is 0.624. The van der Waals surface area contributed by atoms with Gasteiger partial charge in [-0.2, -0.15) is 0 Å². The average Bonchev–Trinajstić information content (AvgIpc) is 2.36. The van der Waals surface area contributed by atoms with E-state index >= 15 is 0 Å². The van der Waals surface area contributed by atoms with Gasteiger partial charge in [-0.25, -0.2) is 0 Å². The van der Waals surface area contributed by atoms with Crippen LogP contribution in [0.3, 0.4) is 0 Å². The van der Waals surface area contributed by atoms with Crippen LogP contribution in [0.4, 0.5) is 0 Å². The molecule has 0 spiro atoms. The first-order valence-corrected chi connectivity index (χ1v) is 5.72. The Balaban J connectivity index is 0.000000280. The van der Waals surface area contributed by atoms with Gasteiger partial charge in [0.05, 0.1) is 19.8 Å². The molecule has 0 fully saturated rings. The molecule has 0 heterocycles. The Morgan fingerprint density at radius 1 is 0.933 bits per heavy atom. The van der Waals surface area contributed by atoms with Crippen molar-refractivity contribution in [2.24, 2.45) is 5.41 Å². The molecule has 0 aromatic heterocycles. The van der Waals surface area contributed by atoms with Crippen molar-refractivity contribution < 1.29 is 15.3 Å². The molecule has 90 valence electrons. The van der Waals surface area contributed by atoms with Crippen LogP contribution in [-0.2, 0) is 0 Å². The molecule has 0 aliphatic heterocycles. The number of allylic oxidation sites excluding steroid dienone is 2. The first-order chi connectivity index (χ1) is 7.24. The monoisotopic (exact) mass is 216 g/mol. The standard InChI is InChI=1S/C6H14O3.C6H10/c1-2-6(3-7,4-8)5-9;1-2-4-6-5-3-1/h7-9H,2-5H2,1H3;1-2H,3-6H2. The summed E-state index contributed by atoms with van der Waals surface area (Å²) in [6.07, 6.45) is 10.6. The number of hydrogen-bond donors (Lipinski definition) is 3. The average molecular weight is 216 g/mol. The molecule has 3 N–H and O–H groups in total. The normalized spacial score (nSPS) is 15.7. The van der Waals surface area contributed by atoms with Gasteiger partial charge >= 0.3 is 0 Å². The number of aliphatic hydroxyl groups excluding tert-OH is 3. The lowest BCUT2D eigenvalue weighted by Crippen LogP contribution is -2.32. The van der Waals surface area contributed by atoms with Gasteiger partial charge in [0.2, 0.25) is 0 Å². The molecule has 0 atom stereocenters. The van der Waals surface area contributed by atoms with E-state index in [2.05, 4.69) is 12.2 Å². The highest BCUT2D eigenvalue weighted by Crippen LogP contribution is 2.18. The lowest BCUT2D eigenvalue weighted by Gasteiger charge is -2.24. The molecule has 0 aromatic carbocycles. The van der Waals surface area contributed by atoms with Gasteiger partial charge in [0.1, 0.15) is 0 Å². The van der Waals surface area contributed by atoms with Crippen LogP contribution in [0, 0.1) is 5.41 Å². The van der Waals surface area contributed by atoms with Crippen molar-refractivity contribution in [2.45, 2.75) is 39.0 Å². The van der Waals surface area contributed by atoms with E-state index < -0.39 is 5.41 Å². The zero-order valence-electron chi connectivity index (χ0n) is 9.65. The second kappa shape index (κ2) is 8.89. The second-order valence-electron chi connectivity index (χ2n) is 4.08. The third kappa shape index (κ3) is 5.92. The molecule has 0 radical (unpaired) electrons. The molecule has 0 unspecified atom stereocenters. The Morgan fingerprint density at radius 2 is 1.33 bits per heavy atom. The summed E-state index contributed by atoms with van der Waals surface area (Å²) in [5, 5.41) is 26.0. The summed E-state index contributed by atoms with van der Waals surface area (Å²) in [5.41, 5.74) is -0.667. The Labute approximate surface area is 92.4 Å². The van der Waals surface area contributed by atoms with Gasteiger partial charge in [-0.3, -0.25) is 0 Å². The summed E-state index contributed by atoms with van der Waals surface area (Å²) in [4.78, 5) is 0. The summed E-state index contributed by atoms with van der Waals surface area (Å²) in [6, 6.07) is 0. The number of aliphatic hydroxyl groups is 3. The van der Waals surface area contributed by atoms with Crippen molar-refractivity contribution in [3.05, 3.63) is 12.2 Å². The topological polar surface area (TPSA) is 60.7 Å². The van der Waals surface area contributed by atoms with E-state index in [1.807, 2.05) is 6.92 Å². The summed E-state index contributed by atoms with van der Waals surface area (Å²) in [5.74, 6) is 0. The van der Waals surface area contributed by atoms with E-state index in [4.69, 9.17) is 15.3 Å². The van der Waals surface area contributed by atoms with Gasteiger partial charge in [0.15, 0.2) is 0 Å². The smallest absolute Gasteiger partial charge is 0.0531 e. The van der Waals surface area contributed by atoms with Crippen LogP contribution in [0.25, 0.3) is 0 Å². The number of rotatable bonds is 4. The first-order valence-electron chi connectivity index (χ1n) is 5.72. The van der Waals surface area contributed by atoms with Crippen LogP contribution in [-0.4, -0.2) is 35.1 Å². The molecule has 1 aliphatic rings. The molecule has 0 aromatic rings. The van der Waals surface area contributed by atoms with Crippen molar-refractivity contribution in [3.8, 4) is 0 Å². The van der Waals surface area contributed by atoms with E-state index in [1.165, 1.54) is 25.7 Å². The molecular formula is C12H24O3. The molecule has 0 saturated heterocycles. The Morgan fingerprint density at radius 3 is 1.40 bits per heavy atom. The maximum absolute atomic E-state index is 8.66. The second-order valence-corrected chi connectivity index (χ2v) is 4.08. The van der Waals surface area contributed by atoms with Crippen LogP contribution in [0.5, 0.6) is 0 Å². The Hall–Kier alpha value is -0.380. The third-order valence-electron chi connectivity index (χ3n) is 2.91. The maximum atomic E-state index is 8.66. The summed E-state index contributed by atoms with van der Waals surface area (Å²) in [6.45, 7) is 1.35.